The molecule has 1 aromatic carbocycles. The normalized spacial score (nSPS) is 13.9. The lowest BCUT2D eigenvalue weighted by Crippen LogP contribution is -2.27. The average Bonchev–Trinajstić information content (AvgIpc) is 2.36. The Hall–Kier alpha value is -1.46. The average molecular weight is 303 g/mol. The molecule has 1 rings (SSSR count). The Morgan fingerprint density at radius 1 is 1.25 bits per heavy atom. The molecule has 0 aliphatic rings. The summed E-state index contributed by atoms with van der Waals surface area (Å²) in [5, 5.41) is 19.7. The topological polar surface area (TPSA) is 76.0 Å². The van der Waals surface area contributed by atoms with Crippen LogP contribution in [0.15, 0.2) is 12.1 Å². The van der Waals surface area contributed by atoms with Crippen LogP contribution in [0.4, 0.5) is 0 Å². The second-order valence-corrected chi connectivity index (χ2v) is 5.14. The van der Waals surface area contributed by atoms with Crippen molar-refractivity contribution in [2.75, 3.05) is 14.2 Å². The third kappa shape index (κ3) is 3.16. The Balaban J connectivity index is 3.29. The Kier molecular flexibility index (Phi) is 5.65. The predicted octanol–water partition coefficient (Wildman–Crippen LogP) is 2.75. The van der Waals surface area contributed by atoms with E-state index in [0.717, 1.165) is 0 Å². The van der Waals surface area contributed by atoms with Crippen LogP contribution < -0.4 is 9.47 Å². The number of hydrogen-bond acceptors (Lipinski definition) is 4. The minimum Gasteiger partial charge on any atom is -0.493 e. The fraction of sp³-hybridized carbons (Fsp3) is 0.500. The lowest BCUT2D eigenvalue weighted by Gasteiger charge is -2.24. The number of hydrogen-bond donors (Lipinski definition) is 2. The van der Waals surface area contributed by atoms with Gasteiger partial charge in [0.25, 0.3) is 0 Å². The van der Waals surface area contributed by atoms with Gasteiger partial charge in [0.05, 0.1) is 31.3 Å². The Morgan fingerprint density at radius 3 is 2.25 bits per heavy atom. The van der Waals surface area contributed by atoms with E-state index in [1.54, 1.807) is 26.0 Å². The molecule has 5 nitrogen and oxygen atoms in total. The van der Waals surface area contributed by atoms with Crippen LogP contribution in [0, 0.1) is 11.8 Å². The molecule has 2 N–H and O–H groups in total. The SMILES string of the molecule is COc1ccc(C(O)C(C(=O)O)C(C)C)c(Cl)c1OC. The molecule has 0 saturated carbocycles. The van der Waals surface area contributed by atoms with Gasteiger partial charge in [-0.05, 0) is 12.0 Å². The highest BCUT2D eigenvalue weighted by Gasteiger charge is 2.33. The van der Waals surface area contributed by atoms with E-state index in [1.165, 1.54) is 14.2 Å². The van der Waals surface area contributed by atoms with Crippen LogP contribution in [0.5, 0.6) is 11.5 Å². The minimum atomic E-state index is -1.22. The zero-order valence-electron chi connectivity index (χ0n) is 11.9. The highest BCUT2D eigenvalue weighted by molar-refractivity contribution is 6.33. The summed E-state index contributed by atoms with van der Waals surface area (Å²) in [5.74, 6) is -1.57. The van der Waals surface area contributed by atoms with Crippen molar-refractivity contribution in [3.63, 3.8) is 0 Å². The number of ether oxygens (including phenoxy) is 2. The standard InChI is InChI=1S/C14H19ClO5/c1-7(2)10(14(17)18)12(16)8-5-6-9(19-3)13(20-4)11(8)15/h5-7,10,12,16H,1-4H3,(H,17,18). The van der Waals surface area contributed by atoms with Gasteiger partial charge >= 0.3 is 5.97 Å². The zero-order valence-corrected chi connectivity index (χ0v) is 12.6. The molecule has 0 bridgehead atoms. The van der Waals surface area contributed by atoms with Crippen LogP contribution in [-0.2, 0) is 4.79 Å². The number of aliphatic hydroxyl groups excluding tert-OH is 1. The number of carboxylic acid groups (broad SMARTS) is 1. The first-order valence-electron chi connectivity index (χ1n) is 6.16. The molecule has 0 saturated heterocycles. The largest absolute Gasteiger partial charge is 0.493 e. The number of aliphatic hydroxyl groups is 1. The van der Waals surface area contributed by atoms with Crippen molar-refractivity contribution in [3.05, 3.63) is 22.7 Å². The maximum atomic E-state index is 11.3. The number of aliphatic carboxylic acids is 1. The van der Waals surface area contributed by atoms with Crippen LogP contribution >= 0.6 is 11.6 Å². The van der Waals surface area contributed by atoms with Gasteiger partial charge in [0.2, 0.25) is 0 Å². The first-order valence-corrected chi connectivity index (χ1v) is 6.54. The van der Waals surface area contributed by atoms with Crippen molar-refractivity contribution < 1.29 is 24.5 Å². The van der Waals surface area contributed by atoms with Crippen LogP contribution in [0.2, 0.25) is 5.02 Å². The van der Waals surface area contributed by atoms with E-state index < -0.39 is 18.0 Å². The highest BCUT2D eigenvalue weighted by atomic mass is 35.5. The van der Waals surface area contributed by atoms with Gasteiger partial charge in [0.15, 0.2) is 11.5 Å². The van der Waals surface area contributed by atoms with E-state index in [1.807, 2.05) is 0 Å². The van der Waals surface area contributed by atoms with Gasteiger partial charge in [-0.15, -0.1) is 0 Å². The minimum absolute atomic E-state index is 0.159. The molecule has 20 heavy (non-hydrogen) atoms. The molecular weight excluding hydrogens is 284 g/mol. The van der Waals surface area contributed by atoms with Crippen molar-refractivity contribution in [1.29, 1.82) is 0 Å². The number of halogens is 1. The predicted molar refractivity (Wildman–Crippen MR) is 75.5 cm³/mol. The van der Waals surface area contributed by atoms with Crippen molar-refractivity contribution in [2.45, 2.75) is 20.0 Å². The van der Waals surface area contributed by atoms with Crippen LogP contribution in [-0.4, -0.2) is 30.4 Å². The van der Waals surface area contributed by atoms with Gasteiger partial charge in [-0.25, -0.2) is 0 Å². The van der Waals surface area contributed by atoms with Gasteiger partial charge in [-0.3, -0.25) is 4.79 Å². The molecule has 0 aliphatic heterocycles. The van der Waals surface area contributed by atoms with Crippen LogP contribution in [0.3, 0.4) is 0 Å². The van der Waals surface area contributed by atoms with Crippen molar-refractivity contribution in [1.82, 2.24) is 0 Å². The molecule has 0 heterocycles. The van der Waals surface area contributed by atoms with Crippen molar-refractivity contribution >= 4 is 17.6 Å². The van der Waals surface area contributed by atoms with E-state index in [9.17, 15) is 15.0 Å². The number of carboxylic acids is 1. The first kappa shape index (κ1) is 16.6. The molecule has 0 spiro atoms. The number of methoxy groups -OCH3 is 2. The van der Waals surface area contributed by atoms with Crippen molar-refractivity contribution in [3.8, 4) is 11.5 Å². The maximum Gasteiger partial charge on any atom is 0.309 e. The molecule has 2 atom stereocenters. The first-order chi connectivity index (χ1) is 9.34. The lowest BCUT2D eigenvalue weighted by atomic mass is 9.86. The number of carbonyl (C=O) groups is 1. The summed E-state index contributed by atoms with van der Waals surface area (Å²) in [7, 11) is 2.90. The van der Waals surface area contributed by atoms with Gasteiger partial charge in [-0.1, -0.05) is 31.5 Å². The second kappa shape index (κ2) is 6.81. The number of benzene rings is 1. The fourth-order valence-corrected chi connectivity index (χ4v) is 2.46. The monoisotopic (exact) mass is 302 g/mol. The molecule has 0 radical (unpaired) electrons. The third-order valence-electron chi connectivity index (χ3n) is 3.18. The molecule has 2 unspecified atom stereocenters. The van der Waals surface area contributed by atoms with E-state index in [0.29, 0.717) is 11.3 Å². The summed E-state index contributed by atoms with van der Waals surface area (Å²) in [6, 6.07) is 3.13. The Bertz CT molecular complexity index is 487. The van der Waals surface area contributed by atoms with E-state index in [2.05, 4.69) is 0 Å². The third-order valence-corrected chi connectivity index (χ3v) is 3.57. The highest BCUT2D eigenvalue weighted by Crippen LogP contribution is 2.42. The molecular formula is C14H19ClO5. The summed E-state index contributed by atoms with van der Waals surface area (Å²) in [4.78, 5) is 11.3. The van der Waals surface area contributed by atoms with Gasteiger partial charge in [-0.2, -0.15) is 0 Å². The molecule has 0 amide bonds. The summed E-state index contributed by atoms with van der Waals surface area (Å²) in [5.41, 5.74) is 0.311. The molecule has 0 aliphatic carbocycles. The number of rotatable bonds is 6. The molecule has 112 valence electrons. The smallest absolute Gasteiger partial charge is 0.309 e. The molecule has 0 fully saturated rings. The molecule has 0 aromatic heterocycles. The van der Waals surface area contributed by atoms with Gasteiger partial charge in [0.1, 0.15) is 0 Å². The fourth-order valence-electron chi connectivity index (χ4n) is 2.11. The van der Waals surface area contributed by atoms with E-state index in [-0.39, 0.29) is 16.7 Å². The lowest BCUT2D eigenvalue weighted by molar-refractivity contribution is -0.148. The van der Waals surface area contributed by atoms with E-state index in [4.69, 9.17) is 21.1 Å². The zero-order chi connectivity index (χ0) is 15.4. The van der Waals surface area contributed by atoms with Crippen molar-refractivity contribution in [2.24, 2.45) is 11.8 Å². The maximum absolute atomic E-state index is 11.3. The Morgan fingerprint density at radius 2 is 1.85 bits per heavy atom. The van der Waals surface area contributed by atoms with Crippen LogP contribution in [0.25, 0.3) is 0 Å². The van der Waals surface area contributed by atoms with Crippen LogP contribution in [0.1, 0.15) is 25.5 Å². The second-order valence-electron chi connectivity index (χ2n) is 4.76. The summed E-state index contributed by atoms with van der Waals surface area (Å²) < 4.78 is 10.2. The summed E-state index contributed by atoms with van der Waals surface area (Å²) in [6.45, 7) is 3.47. The van der Waals surface area contributed by atoms with E-state index >= 15 is 0 Å². The van der Waals surface area contributed by atoms with Gasteiger partial charge < -0.3 is 19.7 Å². The van der Waals surface area contributed by atoms with Gasteiger partial charge in [0, 0.05) is 5.56 Å². The molecule has 6 heteroatoms. The summed E-state index contributed by atoms with van der Waals surface area (Å²) in [6.07, 6.45) is -1.22. The molecule has 1 aromatic rings. The quantitative estimate of drug-likeness (QED) is 0.845. The summed E-state index contributed by atoms with van der Waals surface area (Å²) >= 11 is 6.18. The Labute approximate surface area is 123 Å².